The minimum absolute atomic E-state index is 0. The molecule has 0 aromatic rings. The zero-order valence-electron chi connectivity index (χ0n) is 5.07. The van der Waals surface area contributed by atoms with E-state index in [0.29, 0.717) is 0 Å². The summed E-state index contributed by atoms with van der Waals surface area (Å²) in [6.45, 7) is 4.73. The van der Waals surface area contributed by atoms with Crippen molar-refractivity contribution in [3.63, 3.8) is 0 Å². The molecule has 0 N–H and O–H groups in total. The smallest absolute Gasteiger partial charge is 0.0814 e. The van der Waals surface area contributed by atoms with Gasteiger partial charge in [-0.25, -0.2) is 0 Å². The van der Waals surface area contributed by atoms with Gasteiger partial charge in [0.2, 0.25) is 0 Å². The van der Waals surface area contributed by atoms with Crippen LogP contribution in [0.5, 0.6) is 0 Å². The van der Waals surface area contributed by atoms with Crippen molar-refractivity contribution in [1.82, 2.24) is 0 Å². The molecule has 0 saturated carbocycles. The summed E-state index contributed by atoms with van der Waals surface area (Å²) in [5.74, 6) is 0. The van der Waals surface area contributed by atoms with Crippen LogP contribution >= 0.6 is 8.58 Å². The van der Waals surface area contributed by atoms with E-state index in [-0.39, 0.29) is 8.41 Å². The maximum absolute atomic E-state index is 2.36. The van der Waals surface area contributed by atoms with E-state index < -0.39 is 0 Å². The van der Waals surface area contributed by atoms with Crippen molar-refractivity contribution in [3.8, 4) is 0 Å². The average molecular weight is 130 g/mol. The first-order valence-corrected chi connectivity index (χ1v) is 4.20. The molecule has 0 aromatic carbocycles. The number of hydrogen-bond acceptors (Lipinski definition) is 0. The third-order valence-electron chi connectivity index (χ3n) is 1.60. The molecule has 1 heterocycles. The fourth-order valence-electron chi connectivity index (χ4n) is 1.15. The third kappa shape index (κ3) is 2.18. The lowest BCUT2D eigenvalue weighted by Gasteiger charge is -1.97. The molecule has 8 heavy (non-hydrogen) atoms. The highest BCUT2D eigenvalue weighted by atomic mass is 31.1. The first-order chi connectivity index (χ1) is 3.29. The predicted molar refractivity (Wildman–Crippen MR) is 46.4 cm³/mol. The maximum Gasteiger partial charge on any atom is 0.0814 e. The molecule has 1 saturated heterocycles. The maximum atomic E-state index is 2.36. The molecular formula is C6H16BP. The predicted octanol–water partition coefficient (Wildman–Crippen LogP) is 1.05. The molecule has 48 valence electrons. The second kappa shape index (κ2) is 3.51. The van der Waals surface area contributed by atoms with Gasteiger partial charge in [-0.05, 0) is 24.2 Å². The van der Waals surface area contributed by atoms with Gasteiger partial charge in [-0.2, -0.15) is 0 Å². The lowest BCUT2D eigenvalue weighted by atomic mass is 10.2. The van der Waals surface area contributed by atoms with Gasteiger partial charge < -0.3 is 0 Å². The summed E-state index contributed by atoms with van der Waals surface area (Å²) in [6.07, 6.45) is 2.97. The van der Waals surface area contributed by atoms with Gasteiger partial charge >= 0.3 is 0 Å². The Balaban J connectivity index is 0.000000490. The molecule has 1 rings (SSSR count). The molecule has 0 nitrogen and oxygen atoms in total. The standard InChI is InChI=1S/C6H13P.BH3/c1-5-3-4-6(2)7-5;/h5-7H,3-4H2,1-2H3;1H3/t5-,6-;/m1./s1. The Morgan fingerprint density at radius 2 is 1.50 bits per heavy atom. The Bertz CT molecular complexity index is 57.5. The molecule has 0 bridgehead atoms. The molecule has 0 spiro atoms. The van der Waals surface area contributed by atoms with Crippen LogP contribution in [0.1, 0.15) is 26.7 Å². The van der Waals surface area contributed by atoms with E-state index in [4.69, 9.17) is 0 Å². The van der Waals surface area contributed by atoms with Crippen LogP contribution < -0.4 is 0 Å². The minimum Gasteiger partial charge on any atom is -0.116 e. The molecule has 2 heteroatoms. The van der Waals surface area contributed by atoms with Gasteiger partial charge in [-0.1, -0.05) is 13.8 Å². The highest BCUT2D eigenvalue weighted by molar-refractivity contribution is 7.40. The van der Waals surface area contributed by atoms with E-state index in [1.165, 1.54) is 21.4 Å². The van der Waals surface area contributed by atoms with E-state index in [0.717, 1.165) is 11.3 Å². The van der Waals surface area contributed by atoms with Gasteiger partial charge in [0.15, 0.2) is 0 Å². The SMILES string of the molecule is B.C[C@@H]1CC[C@@H](C)P1. The summed E-state index contributed by atoms with van der Waals surface area (Å²) < 4.78 is 0. The van der Waals surface area contributed by atoms with Crippen molar-refractivity contribution in [2.24, 2.45) is 0 Å². The van der Waals surface area contributed by atoms with E-state index >= 15 is 0 Å². The summed E-state index contributed by atoms with van der Waals surface area (Å²) in [4.78, 5) is 0. The number of hydrogen-bond donors (Lipinski definition) is 0. The highest BCUT2D eigenvalue weighted by Gasteiger charge is 2.15. The van der Waals surface area contributed by atoms with Crippen molar-refractivity contribution >= 4 is 17.0 Å². The Morgan fingerprint density at radius 1 is 1.12 bits per heavy atom. The lowest BCUT2D eigenvalue weighted by molar-refractivity contribution is 0.777. The zero-order valence-corrected chi connectivity index (χ0v) is 6.07. The molecular weight excluding hydrogens is 114 g/mol. The summed E-state index contributed by atoms with van der Waals surface area (Å²) in [5.41, 5.74) is 2.10. The highest BCUT2D eigenvalue weighted by Crippen LogP contribution is 2.38. The number of rotatable bonds is 0. The fourth-order valence-corrected chi connectivity index (χ4v) is 2.79. The van der Waals surface area contributed by atoms with Gasteiger partial charge in [0.05, 0.1) is 8.41 Å². The Labute approximate surface area is 55.8 Å². The average Bonchev–Trinajstić information content (AvgIpc) is 1.87. The Morgan fingerprint density at radius 3 is 1.62 bits per heavy atom. The molecule has 0 radical (unpaired) electrons. The van der Waals surface area contributed by atoms with Crippen molar-refractivity contribution in [2.75, 3.05) is 0 Å². The minimum atomic E-state index is 0. The quantitative estimate of drug-likeness (QED) is 0.339. The summed E-state index contributed by atoms with van der Waals surface area (Å²) >= 11 is 0. The third-order valence-corrected chi connectivity index (χ3v) is 3.32. The molecule has 1 aliphatic heterocycles. The van der Waals surface area contributed by atoms with Crippen LogP contribution in [-0.4, -0.2) is 19.7 Å². The van der Waals surface area contributed by atoms with Gasteiger partial charge in [0.1, 0.15) is 0 Å². The van der Waals surface area contributed by atoms with E-state index in [9.17, 15) is 0 Å². The topological polar surface area (TPSA) is 0 Å². The Kier molecular flexibility index (Phi) is 3.72. The van der Waals surface area contributed by atoms with Crippen LogP contribution in [0.4, 0.5) is 0 Å². The monoisotopic (exact) mass is 130 g/mol. The Hall–Kier alpha value is 0.495. The molecule has 0 aliphatic carbocycles. The van der Waals surface area contributed by atoms with Crippen LogP contribution in [0.2, 0.25) is 0 Å². The van der Waals surface area contributed by atoms with Crippen LogP contribution in [0, 0.1) is 0 Å². The summed E-state index contributed by atoms with van der Waals surface area (Å²) in [5, 5.41) is 0. The normalized spacial score (nSPS) is 36.8. The van der Waals surface area contributed by atoms with Crippen molar-refractivity contribution in [1.29, 1.82) is 0 Å². The van der Waals surface area contributed by atoms with E-state index in [1.54, 1.807) is 0 Å². The first kappa shape index (κ1) is 8.49. The van der Waals surface area contributed by atoms with Crippen molar-refractivity contribution < 1.29 is 0 Å². The molecule has 1 aliphatic rings. The van der Waals surface area contributed by atoms with E-state index in [2.05, 4.69) is 13.8 Å². The second-order valence-corrected chi connectivity index (χ2v) is 4.85. The summed E-state index contributed by atoms with van der Waals surface area (Å²) in [7, 11) is 1.26. The van der Waals surface area contributed by atoms with Crippen molar-refractivity contribution in [3.05, 3.63) is 0 Å². The molecule has 1 fully saturated rings. The largest absolute Gasteiger partial charge is 0.116 e. The molecule has 0 amide bonds. The first-order valence-electron chi connectivity index (χ1n) is 3.05. The van der Waals surface area contributed by atoms with Gasteiger partial charge in [-0.3, -0.25) is 0 Å². The van der Waals surface area contributed by atoms with Crippen LogP contribution in [0.3, 0.4) is 0 Å². The van der Waals surface area contributed by atoms with Crippen LogP contribution in [0.15, 0.2) is 0 Å². The van der Waals surface area contributed by atoms with Crippen LogP contribution in [0.25, 0.3) is 0 Å². The van der Waals surface area contributed by atoms with Crippen LogP contribution in [-0.2, 0) is 0 Å². The fraction of sp³-hybridized carbons (Fsp3) is 1.00. The van der Waals surface area contributed by atoms with Gasteiger partial charge in [0, 0.05) is 0 Å². The van der Waals surface area contributed by atoms with Crippen molar-refractivity contribution in [2.45, 2.75) is 38.0 Å². The van der Waals surface area contributed by atoms with E-state index in [1.807, 2.05) is 0 Å². The molecule has 0 unspecified atom stereocenters. The molecule has 0 aromatic heterocycles. The second-order valence-electron chi connectivity index (χ2n) is 2.55. The van der Waals surface area contributed by atoms with Gasteiger partial charge in [-0.15, -0.1) is 8.58 Å². The zero-order chi connectivity index (χ0) is 5.28. The lowest BCUT2D eigenvalue weighted by Crippen LogP contribution is -1.81. The van der Waals surface area contributed by atoms with Gasteiger partial charge in [0.25, 0.3) is 0 Å². The summed E-state index contributed by atoms with van der Waals surface area (Å²) in [6, 6.07) is 0. The molecule has 2 atom stereocenters.